The normalized spacial score (nSPS) is 19.9. The van der Waals surface area contributed by atoms with Crippen LogP contribution in [0.4, 0.5) is 0 Å². The van der Waals surface area contributed by atoms with Gasteiger partial charge in [-0.25, -0.2) is 0 Å². The number of nitrogens with zero attached hydrogens (tertiary/aromatic N) is 1. The highest BCUT2D eigenvalue weighted by Crippen LogP contribution is 2.31. The minimum Gasteiger partial charge on any atom is -0.386 e. The molecule has 1 N–H and O–H groups in total. The molecular weight excluding hydrogens is 240 g/mol. The van der Waals surface area contributed by atoms with Crippen LogP contribution in [0, 0.1) is 11.3 Å². The maximum atomic E-state index is 5.39. The van der Waals surface area contributed by atoms with Gasteiger partial charge in [-0.3, -0.25) is 0 Å². The lowest BCUT2D eigenvalue weighted by Crippen LogP contribution is -2.41. The molecule has 0 heterocycles. The molecule has 3 heteroatoms. The third kappa shape index (κ3) is 3.98. The van der Waals surface area contributed by atoms with Crippen LogP contribution < -0.4 is 5.32 Å². The number of hydrogen-bond acceptors (Lipinski definition) is 3. The van der Waals surface area contributed by atoms with E-state index >= 15 is 0 Å². The van der Waals surface area contributed by atoms with E-state index in [9.17, 15) is 0 Å². The molecule has 1 aliphatic carbocycles. The molecule has 1 rings (SSSR count). The highest BCUT2D eigenvalue weighted by molar-refractivity contribution is 7.81. The lowest BCUT2D eigenvalue weighted by Gasteiger charge is -2.36. The molecule has 0 aromatic carbocycles. The van der Waals surface area contributed by atoms with Crippen LogP contribution >= 0.6 is 12.2 Å². The average Bonchev–Trinajstić information content (AvgIpc) is 2.24. The van der Waals surface area contributed by atoms with Gasteiger partial charge in [0.15, 0.2) is 0 Å². The summed E-state index contributed by atoms with van der Waals surface area (Å²) in [5.74, 6) is 0.431. The van der Waals surface area contributed by atoms with E-state index in [0.29, 0.717) is 11.3 Å². The second kappa shape index (κ2) is 6.05. The van der Waals surface area contributed by atoms with Crippen LogP contribution in [0.15, 0.2) is 11.4 Å². The standard InChI is InChI=1S/C15H28N2S/c1-11-12(13(14(11)18)17(5)6)16-10-8-7-9-15(2,3)4/h11,16H,7-10H2,1-6H3. The van der Waals surface area contributed by atoms with E-state index < -0.39 is 0 Å². The van der Waals surface area contributed by atoms with Gasteiger partial charge in [-0.15, -0.1) is 0 Å². The predicted octanol–water partition coefficient (Wildman–Crippen LogP) is 3.59. The highest BCUT2D eigenvalue weighted by atomic mass is 32.1. The summed E-state index contributed by atoms with van der Waals surface area (Å²) in [5.41, 5.74) is 3.02. The van der Waals surface area contributed by atoms with Crippen LogP contribution in [-0.4, -0.2) is 30.4 Å². The minimum atomic E-state index is 0.431. The van der Waals surface area contributed by atoms with Crippen molar-refractivity contribution in [3.63, 3.8) is 0 Å². The fourth-order valence-corrected chi connectivity index (χ4v) is 2.71. The Labute approximate surface area is 118 Å². The second-order valence-electron chi connectivity index (χ2n) is 6.69. The van der Waals surface area contributed by atoms with Crippen molar-refractivity contribution in [1.82, 2.24) is 10.2 Å². The van der Waals surface area contributed by atoms with Crippen LogP contribution in [-0.2, 0) is 0 Å². The van der Waals surface area contributed by atoms with Gasteiger partial charge in [-0.05, 0) is 18.3 Å². The third-order valence-electron chi connectivity index (χ3n) is 3.43. The molecule has 0 aliphatic heterocycles. The molecule has 0 saturated carbocycles. The summed E-state index contributed by atoms with van der Waals surface area (Å²) >= 11 is 5.39. The van der Waals surface area contributed by atoms with Crippen LogP contribution in [0.3, 0.4) is 0 Å². The summed E-state index contributed by atoms with van der Waals surface area (Å²) in [6.07, 6.45) is 3.82. The zero-order chi connectivity index (χ0) is 13.9. The summed E-state index contributed by atoms with van der Waals surface area (Å²) in [4.78, 5) is 3.22. The van der Waals surface area contributed by atoms with E-state index in [1.165, 1.54) is 30.7 Å². The van der Waals surface area contributed by atoms with Crippen LogP contribution in [0.5, 0.6) is 0 Å². The zero-order valence-electron chi connectivity index (χ0n) is 12.8. The zero-order valence-corrected chi connectivity index (χ0v) is 13.6. The molecular formula is C15H28N2S. The van der Waals surface area contributed by atoms with Gasteiger partial charge in [0.25, 0.3) is 0 Å². The van der Waals surface area contributed by atoms with Gasteiger partial charge in [0.2, 0.25) is 0 Å². The van der Waals surface area contributed by atoms with Gasteiger partial charge in [-0.2, -0.15) is 0 Å². The van der Waals surface area contributed by atoms with Gasteiger partial charge in [0.05, 0.1) is 5.70 Å². The van der Waals surface area contributed by atoms with Crippen molar-refractivity contribution < 1.29 is 0 Å². The van der Waals surface area contributed by atoms with E-state index in [2.05, 4.69) is 52.0 Å². The van der Waals surface area contributed by atoms with Gasteiger partial charge < -0.3 is 10.2 Å². The van der Waals surface area contributed by atoms with E-state index in [1.54, 1.807) is 0 Å². The SMILES string of the molecule is CC1C(=S)C(N(C)C)=C1NCCCCC(C)(C)C. The molecule has 1 aliphatic rings. The molecule has 1 unspecified atom stereocenters. The average molecular weight is 268 g/mol. The first kappa shape index (κ1) is 15.5. The topological polar surface area (TPSA) is 15.3 Å². The van der Waals surface area contributed by atoms with E-state index in [0.717, 1.165) is 11.4 Å². The number of thiocarbonyl (C=S) groups is 1. The smallest absolute Gasteiger partial charge is 0.0709 e. The Morgan fingerprint density at radius 1 is 1.22 bits per heavy atom. The number of unbranched alkanes of at least 4 members (excludes halogenated alkanes) is 1. The minimum absolute atomic E-state index is 0.431. The summed E-state index contributed by atoms with van der Waals surface area (Å²) in [5, 5.41) is 3.57. The molecule has 0 saturated heterocycles. The molecule has 0 aromatic heterocycles. The largest absolute Gasteiger partial charge is 0.386 e. The summed E-state index contributed by atoms with van der Waals surface area (Å²) in [6, 6.07) is 0. The Hall–Kier alpha value is -0.570. The molecule has 1 atom stereocenters. The number of rotatable bonds is 6. The van der Waals surface area contributed by atoms with Crippen LogP contribution in [0.25, 0.3) is 0 Å². The number of allylic oxidation sites excluding steroid dienone is 2. The number of hydrogen-bond donors (Lipinski definition) is 1. The van der Waals surface area contributed by atoms with Crippen molar-refractivity contribution in [3.05, 3.63) is 11.4 Å². The predicted molar refractivity (Wildman–Crippen MR) is 83.8 cm³/mol. The fourth-order valence-electron chi connectivity index (χ4n) is 2.30. The molecule has 0 bridgehead atoms. The van der Waals surface area contributed by atoms with Crippen LogP contribution in [0.1, 0.15) is 47.0 Å². The Morgan fingerprint density at radius 2 is 1.83 bits per heavy atom. The maximum absolute atomic E-state index is 5.39. The van der Waals surface area contributed by atoms with Gasteiger partial charge in [0.1, 0.15) is 0 Å². The lowest BCUT2D eigenvalue weighted by atomic mass is 9.87. The van der Waals surface area contributed by atoms with Crippen molar-refractivity contribution in [2.24, 2.45) is 11.3 Å². The first-order valence-electron chi connectivity index (χ1n) is 6.93. The molecule has 104 valence electrons. The van der Waals surface area contributed by atoms with E-state index in [1.807, 2.05) is 0 Å². The van der Waals surface area contributed by atoms with Crippen molar-refractivity contribution in [1.29, 1.82) is 0 Å². The van der Waals surface area contributed by atoms with Crippen LogP contribution in [0.2, 0.25) is 0 Å². The van der Waals surface area contributed by atoms with Crippen molar-refractivity contribution in [2.45, 2.75) is 47.0 Å². The summed E-state index contributed by atoms with van der Waals surface area (Å²) in [7, 11) is 4.13. The van der Waals surface area contributed by atoms with Gasteiger partial charge in [-0.1, -0.05) is 46.3 Å². The Bertz CT molecular complexity index is 337. The van der Waals surface area contributed by atoms with Crippen molar-refractivity contribution >= 4 is 17.1 Å². The van der Waals surface area contributed by atoms with Crippen molar-refractivity contribution in [2.75, 3.05) is 20.6 Å². The first-order valence-corrected chi connectivity index (χ1v) is 7.34. The van der Waals surface area contributed by atoms with Gasteiger partial charge in [0, 0.05) is 37.1 Å². The molecule has 0 amide bonds. The summed E-state index contributed by atoms with van der Waals surface area (Å²) in [6.45, 7) is 10.2. The quantitative estimate of drug-likeness (QED) is 0.585. The highest BCUT2D eigenvalue weighted by Gasteiger charge is 2.32. The number of nitrogens with one attached hydrogen (secondary N) is 1. The molecule has 2 nitrogen and oxygen atoms in total. The molecule has 0 spiro atoms. The Balaban J connectivity index is 2.33. The third-order valence-corrected chi connectivity index (χ3v) is 3.98. The van der Waals surface area contributed by atoms with E-state index in [-0.39, 0.29) is 0 Å². The lowest BCUT2D eigenvalue weighted by molar-refractivity contribution is 0.359. The monoisotopic (exact) mass is 268 g/mol. The van der Waals surface area contributed by atoms with Gasteiger partial charge >= 0.3 is 0 Å². The Kier molecular flexibility index (Phi) is 5.20. The molecule has 0 aromatic rings. The Morgan fingerprint density at radius 3 is 2.33 bits per heavy atom. The van der Waals surface area contributed by atoms with Crippen molar-refractivity contribution in [3.8, 4) is 0 Å². The molecule has 0 radical (unpaired) electrons. The summed E-state index contributed by atoms with van der Waals surface area (Å²) < 4.78 is 0. The second-order valence-corrected chi connectivity index (χ2v) is 7.13. The fraction of sp³-hybridized carbons (Fsp3) is 0.800. The molecule has 18 heavy (non-hydrogen) atoms. The molecule has 0 fully saturated rings. The maximum Gasteiger partial charge on any atom is 0.0709 e. The van der Waals surface area contributed by atoms with E-state index in [4.69, 9.17) is 12.2 Å². The first-order chi connectivity index (χ1) is 8.24.